The van der Waals surface area contributed by atoms with Crippen molar-refractivity contribution in [3.63, 3.8) is 0 Å². The topological polar surface area (TPSA) is 44.8 Å². The molecule has 2 aromatic rings. The van der Waals surface area contributed by atoms with Crippen molar-refractivity contribution in [1.29, 1.82) is 0 Å². The van der Waals surface area contributed by atoms with Gasteiger partial charge in [-0.05, 0) is 41.1 Å². The summed E-state index contributed by atoms with van der Waals surface area (Å²) in [5, 5.41) is 5.48. The van der Waals surface area contributed by atoms with Crippen LogP contribution in [0.5, 0.6) is 5.75 Å². The molecular formula is C20H25N3O2S. The number of nitrogens with one attached hydrogen (secondary N) is 1. The quantitative estimate of drug-likeness (QED) is 0.894. The van der Waals surface area contributed by atoms with Gasteiger partial charge in [-0.25, -0.2) is 0 Å². The van der Waals surface area contributed by atoms with Gasteiger partial charge in [0.05, 0.1) is 19.7 Å². The molecule has 26 heavy (non-hydrogen) atoms. The molecule has 2 aliphatic rings. The van der Waals surface area contributed by atoms with Crippen LogP contribution in [0.15, 0.2) is 35.7 Å². The van der Waals surface area contributed by atoms with Gasteiger partial charge in [0.25, 0.3) is 0 Å². The molecule has 2 aliphatic heterocycles. The van der Waals surface area contributed by atoms with Crippen molar-refractivity contribution < 1.29 is 9.53 Å². The Balaban J connectivity index is 1.58. The predicted molar refractivity (Wildman–Crippen MR) is 104 cm³/mol. The maximum Gasteiger partial charge on any atom is 0.236 e. The van der Waals surface area contributed by atoms with Crippen molar-refractivity contribution in [2.45, 2.75) is 12.5 Å². The predicted octanol–water partition coefficient (Wildman–Crippen LogP) is 2.14. The summed E-state index contributed by atoms with van der Waals surface area (Å²) in [5.41, 5.74) is 2.57. The maximum atomic E-state index is 12.8. The molecule has 1 atom stereocenters. The van der Waals surface area contributed by atoms with Crippen molar-refractivity contribution in [3.05, 3.63) is 51.7 Å². The standard InChI is InChI=1S/C20H25N3O2S/c1-25-16-4-2-15(3-5-16)20-17-7-13-26-18(17)6-10-23(20)14-19(24)22-11-8-21-9-12-22/h2-5,7,13,20-21H,6,8-12,14H2,1H3. The lowest BCUT2D eigenvalue weighted by Gasteiger charge is -2.37. The number of amides is 1. The van der Waals surface area contributed by atoms with Gasteiger partial charge in [-0.2, -0.15) is 0 Å². The fourth-order valence-corrected chi connectivity index (χ4v) is 4.81. The second kappa shape index (κ2) is 7.78. The number of thiophene rings is 1. The van der Waals surface area contributed by atoms with Crippen molar-refractivity contribution in [1.82, 2.24) is 15.1 Å². The number of ether oxygens (including phenoxy) is 1. The molecular weight excluding hydrogens is 346 g/mol. The highest BCUT2D eigenvalue weighted by atomic mass is 32.1. The maximum absolute atomic E-state index is 12.8. The third-order valence-electron chi connectivity index (χ3n) is 5.31. The van der Waals surface area contributed by atoms with Crippen LogP contribution in [0.2, 0.25) is 0 Å². The second-order valence-corrected chi connectivity index (χ2v) is 7.83. The molecule has 1 aromatic heterocycles. The Morgan fingerprint density at radius 1 is 1.19 bits per heavy atom. The number of hydrogen-bond donors (Lipinski definition) is 1. The number of fused-ring (bicyclic) bond motifs is 1. The Morgan fingerprint density at radius 2 is 1.96 bits per heavy atom. The number of hydrogen-bond acceptors (Lipinski definition) is 5. The molecule has 0 radical (unpaired) electrons. The van der Waals surface area contributed by atoms with Gasteiger partial charge in [-0.1, -0.05) is 12.1 Å². The Morgan fingerprint density at radius 3 is 2.69 bits per heavy atom. The molecule has 1 amide bonds. The zero-order chi connectivity index (χ0) is 17.9. The Kier molecular flexibility index (Phi) is 5.24. The van der Waals surface area contributed by atoms with Gasteiger partial charge in [0.2, 0.25) is 5.91 Å². The van der Waals surface area contributed by atoms with Crippen LogP contribution in [-0.2, 0) is 11.2 Å². The SMILES string of the molecule is COc1ccc(C2c3ccsc3CCN2CC(=O)N2CCNCC2)cc1. The third kappa shape index (κ3) is 3.49. The van der Waals surface area contributed by atoms with Gasteiger partial charge < -0.3 is 15.0 Å². The zero-order valence-corrected chi connectivity index (χ0v) is 15.9. The van der Waals surface area contributed by atoms with E-state index in [-0.39, 0.29) is 11.9 Å². The number of nitrogens with zero attached hydrogens (tertiary/aromatic N) is 2. The Hall–Kier alpha value is -1.89. The molecule has 1 unspecified atom stereocenters. The lowest BCUT2D eigenvalue weighted by molar-refractivity contribution is -0.133. The summed E-state index contributed by atoms with van der Waals surface area (Å²) in [5.74, 6) is 1.10. The monoisotopic (exact) mass is 371 g/mol. The van der Waals surface area contributed by atoms with E-state index in [1.165, 1.54) is 16.0 Å². The van der Waals surface area contributed by atoms with E-state index >= 15 is 0 Å². The first-order valence-corrected chi connectivity index (χ1v) is 10.1. The highest BCUT2D eigenvalue weighted by Gasteiger charge is 2.32. The van der Waals surface area contributed by atoms with Gasteiger partial charge in [0.1, 0.15) is 5.75 Å². The summed E-state index contributed by atoms with van der Waals surface area (Å²) < 4.78 is 5.30. The number of methoxy groups -OCH3 is 1. The summed E-state index contributed by atoms with van der Waals surface area (Å²) in [7, 11) is 1.69. The number of piperazine rings is 1. The van der Waals surface area contributed by atoms with E-state index in [0.29, 0.717) is 6.54 Å². The van der Waals surface area contributed by atoms with Crippen LogP contribution in [0.1, 0.15) is 22.0 Å². The van der Waals surface area contributed by atoms with Crippen LogP contribution < -0.4 is 10.1 Å². The molecule has 0 saturated carbocycles. The highest BCUT2D eigenvalue weighted by molar-refractivity contribution is 7.10. The summed E-state index contributed by atoms with van der Waals surface area (Å²) in [6.07, 6.45) is 1.02. The lowest BCUT2D eigenvalue weighted by Crippen LogP contribution is -2.50. The van der Waals surface area contributed by atoms with Crippen molar-refractivity contribution >= 4 is 17.2 Å². The van der Waals surface area contributed by atoms with Crippen LogP contribution in [-0.4, -0.2) is 62.1 Å². The van der Waals surface area contributed by atoms with Crippen molar-refractivity contribution in [2.75, 3.05) is 46.4 Å². The summed E-state index contributed by atoms with van der Waals surface area (Å²) >= 11 is 1.83. The molecule has 0 aliphatic carbocycles. The first-order chi connectivity index (χ1) is 12.8. The van der Waals surface area contributed by atoms with Crippen LogP contribution in [0.25, 0.3) is 0 Å². The summed E-state index contributed by atoms with van der Waals surface area (Å²) in [4.78, 5) is 18.6. The van der Waals surface area contributed by atoms with E-state index in [4.69, 9.17) is 4.74 Å². The van der Waals surface area contributed by atoms with E-state index in [1.54, 1.807) is 7.11 Å². The molecule has 1 aromatic carbocycles. The minimum absolute atomic E-state index is 0.141. The second-order valence-electron chi connectivity index (χ2n) is 6.83. The van der Waals surface area contributed by atoms with Gasteiger partial charge in [0, 0.05) is 37.6 Å². The van der Waals surface area contributed by atoms with Crippen molar-refractivity contribution in [3.8, 4) is 5.75 Å². The third-order valence-corrected chi connectivity index (χ3v) is 6.30. The van der Waals surface area contributed by atoms with Gasteiger partial charge in [0.15, 0.2) is 0 Å². The first-order valence-electron chi connectivity index (χ1n) is 9.19. The average Bonchev–Trinajstić information content (AvgIpc) is 3.17. The van der Waals surface area contributed by atoms with E-state index in [1.807, 2.05) is 28.4 Å². The van der Waals surface area contributed by atoms with Gasteiger partial charge >= 0.3 is 0 Å². The molecule has 1 N–H and O–H groups in total. The molecule has 0 spiro atoms. The molecule has 6 heteroatoms. The van der Waals surface area contributed by atoms with Crippen molar-refractivity contribution in [2.24, 2.45) is 0 Å². The zero-order valence-electron chi connectivity index (χ0n) is 15.1. The molecule has 1 saturated heterocycles. The smallest absolute Gasteiger partial charge is 0.236 e. The number of carbonyl (C=O) groups excluding carboxylic acids is 1. The van der Waals surface area contributed by atoms with Crippen LogP contribution in [0.4, 0.5) is 0 Å². The summed E-state index contributed by atoms with van der Waals surface area (Å²) in [6.45, 7) is 4.80. The minimum atomic E-state index is 0.141. The molecule has 4 rings (SSSR count). The van der Waals surface area contributed by atoms with Crippen LogP contribution >= 0.6 is 11.3 Å². The fourth-order valence-electron chi connectivity index (χ4n) is 3.90. The Bertz CT molecular complexity index is 753. The normalized spacial score (nSPS) is 20.7. The van der Waals surface area contributed by atoms with E-state index < -0.39 is 0 Å². The molecule has 0 bridgehead atoms. The molecule has 1 fully saturated rings. The molecule has 5 nitrogen and oxygen atoms in total. The van der Waals surface area contributed by atoms with Gasteiger partial charge in [-0.15, -0.1) is 11.3 Å². The summed E-state index contributed by atoms with van der Waals surface area (Å²) in [6, 6.07) is 10.6. The van der Waals surface area contributed by atoms with Crippen LogP contribution in [0.3, 0.4) is 0 Å². The van der Waals surface area contributed by atoms with Gasteiger partial charge in [-0.3, -0.25) is 9.69 Å². The van der Waals surface area contributed by atoms with E-state index in [0.717, 1.165) is 44.9 Å². The van der Waals surface area contributed by atoms with E-state index in [9.17, 15) is 4.79 Å². The molecule has 3 heterocycles. The minimum Gasteiger partial charge on any atom is -0.497 e. The number of carbonyl (C=O) groups is 1. The Labute approximate surface area is 158 Å². The van der Waals surface area contributed by atoms with Crippen LogP contribution in [0, 0.1) is 0 Å². The van der Waals surface area contributed by atoms with E-state index in [2.05, 4.69) is 33.8 Å². The first kappa shape index (κ1) is 17.5. The number of rotatable bonds is 4. The number of benzene rings is 1. The average molecular weight is 372 g/mol. The molecule has 138 valence electrons. The highest BCUT2D eigenvalue weighted by Crippen LogP contribution is 2.38. The lowest BCUT2D eigenvalue weighted by atomic mass is 9.93. The largest absolute Gasteiger partial charge is 0.497 e. The fraction of sp³-hybridized carbons (Fsp3) is 0.450.